The number of hydrogen-bond acceptors (Lipinski definition) is 8. The lowest BCUT2D eigenvalue weighted by atomic mass is 10.2. The number of aromatic nitrogens is 2. The Bertz CT molecular complexity index is 1190. The zero-order valence-electron chi connectivity index (χ0n) is 18.6. The van der Waals surface area contributed by atoms with Crippen molar-refractivity contribution in [1.82, 2.24) is 15.0 Å². The number of ether oxygens (including phenoxy) is 1. The predicted octanol–water partition coefficient (Wildman–Crippen LogP) is 3.48. The van der Waals surface area contributed by atoms with E-state index in [1.165, 1.54) is 0 Å². The summed E-state index contributed by atoms with van der Waals surface area (Å²) in [7, 11) is 1.60. The van der Waals surface area contributed by atoms with E-state index in [4.69, 9.17) is 14.5 Å². The zero-order valence-corrected chi connectivity index (χ0v) is 19.4. The van der Waals surface area contributed by atoms with Crippen LogP contribution >= 0.6 is 11.8 Å². The van der Waals surface area contributed by atoms with E-state index in [0.29, 0.717) is 47.4 Å². The number of carbonyl (C=O) groups is 2. The number of nitrogens with one attached hydrogen (secondary N) is 1. The van der Waals surface area contributed by atoms with Crippen molar-refractivity contribution in [2.45, 2.75) is 25.3 Å². The fourth-order valence-corrected chi connectivity index (χ4v) is 4.69. The minimum absolute atomic E-state index is 0.0835. The summed E-state index contributed by atoms with van der Waals surface area (Å²) in [6.07, 6.45) is 1.29. The molecule has 1 saturated heterocycles. The number of rotatable bonds is 8. The van der Waals surface area contributed by atoms with Gasteiger partial charge in [0.2, 0.25) is 23.5 Å². The molecule has 0 bridgehead atoms. The second-order valence-electron chi connectivity index (χ2n) is 7.65. The van der Waals surface area contributed by atoms with Gasteiger partial charge in [-0.25, -0.2) is 0 Å². The third kappa shape index (κ3) is 5.55. The molecule has 0 saturated carbocycles. The molecule has 10 heteroatoms. The summed E-state index contributed by atoms with van der Waals surface area (Å²) in [5.41, 5.74) is 1.93. The first-order chi connectivity index (χ1) is 16.6. The molecule has 1 N–H and O–H groups in total. The fourth-order valence-electron chi connectivity index (χ4n) is 3.51. The Morgan fingerprint density at radius 2 is 2.00 bits per heavy atom. The van der Waals surface area contributed by atoms with Crippen molar-refractivity contribution in [2.75, 3.05) is 24.1 Å². The van der Waals surface area contributed by atoms with E-state index in [1.54, 1.807) is 48.0 Å². The summed E-state index contributed by atoms with van der Waals surface area (Å²) in [5.74, 6) is 2.40. The molecule has 1 fully saturated rings. The van der Waals surface area contributed by atoms with Crippen molar-refractivity contribution in [1.29, 1.82) is 5.26 Å². The van der Waals surface area contributed by atoms with Crippen LogP contribution in [-0.4, -0.2) is 51.6 Å². The van der Waals surface area contributed by atoms with Gasteiger partial charge in [0, 0.05) is 29.8 Å². The molecule has 3 aromatic rings. The Labute approximate surface area is 201 Å². The monoisotopic (exact) mass is 477 g/mol. The predicted molar refractivity (Wildman–Crippen MR) is 127 cm³/mol. The van der Waals surface area contributed by atoms with Crippen molar-refractivity contribution in [3.05, 3.63) is 60.0 Å². The minimum Gasteiger partial charge on any atom is -0.497 e. The van der Waals surface area contributed by atoms with Gasteiger partial charge < -0.3 is 19.5 Å². The Balaban J connectivity index is 1.28. The zero-order chi connectivity index (χ0) is 23.9. The third-order valence-corrected chi connectivity index (χ3v) is 6.40. The van der Waals surface area contributed by atoms with E-state index in [2.05, 4.69) is 15.5 Å². The number of amides is 2. The van der Waals surface area contributed by atoms with Crippen LogP contribution in [-0.2, 0) is 16.0 Å². The normalized spacial score (nSPS) is 15.1. The van der Waals surface area contributed by atoms with Gasteiger partial charge in [-0.15, -0.1) is 11.8 Å². The number of thioether (sulfide) groups is 1. The first-order valence-electron chi connectivity index (χ1n) is 10.7. The maximum absolute atomic E-state index is 12.8. The molecule has 0 spiro atoms. The topological polar surface area (TPSA) is 121 Å². The van der Waals surface area contributed by atoms with Crippen LogP contribution in [0.15, 0.2) is 53.1 Å². The highest BCUT2D eigenvalue weighted by atomic mass is 32.2. The van der Waals surface area contributed by atoms with Gasteiger partial charge >= 0.3 is 0 Å². The number of hydrogen-bond donors (Lipinski definition) is 1. The van der Waals surface area contributed by atoms with Crippen LogP contribution in [0.2, 0.25) is 0 Å². The number of methoxy groups -OCH3 is 1. The molecule has 34 heavy (non-hydrogen) atoms. The first-order valence-corrected chi connectivity index (χ1v) is 11.9. The number of anilines is 1. The van der Waals surface area contributed by atoms with E-state index in [9.17, 15) is 9.59 Å². The Kier molecular flexibility index (Phi) is 7.44. The Morgan fingerprint density at radius 1 is 1.24 bits per heavy atom. The van der Waals surface area contributed by atoms with Crippen molar-refractivity contribution in [3.8, 4) is 23.2 Å². The molecule has 174 valence electrons. The number of benzene rings is 2. The molecule has 0 radical (unpaired) electrons. The molecular weight excluding hydrogens is 454 g/mol. The molecule has 9 nitrogen and oxygen atoms in total. The van der Waals surface area contributed by atoms with Crippen LogP contribution in [0.4, 0.5) is 5.69 Å². The largest absolute Gasteiger partial charge is 0.497 e. The van der Waals surface area contributed by atoms with E-state index in [1.807, 2.05) is 30.3 Å². The molecule has 2 amide bonds. The second kappa shape index (κ2) is 10.9. The molecule has 0 aliphatic carbocycles. The summed E-state index contributed by atoms with van der Waals surface area (Å²) in [6, 6.07) is 15.5. The van der Waals surface area contributed by atoms with E-state index in [0.717, 1.165) is 11.3 Å². The highest BCUT2D eigenvalue weighted by Gasteiger charge is 2.34. The molecule has 2 heterocycles. The molecule has 1 unspecified atom stereocenters. The summed E-state index contributed by atoms with van der Waals surface area (Å²) in [4.78, 5) is 31.5. The lowest BCUT2D eigenvalue weighted by Gasteiger charge is -2.23. The van der Waals surface area contributed by atoms with Gasteiger partial charge in [0.1, 0.15) is 11.8 Å². The van der Waals surface area contributed by atoms with Crippen LogP contribution in [0.25, 0.3) is 11.4 Å². The SMILES string of the molecule is COc1ccc(-c2noc(CCCC(=O)N3CSCC3C(=O)Nc3ccc(C#N)cc3)n2)cc1. The summed E-state index contributed by atoms with van der Waals surface area (Å²) >= 11 is 1.55. The van der Waals surface area contributed by atoms with Crippen molar-refractivity contribution in [3.63, 3.8) is 0 Å². The molecule has 1 aliphatic heterocycles. The average Bonchev–Trinajstić information content (AvgIpc) is 3.55. The molecule has 1 atom stereocenters. The maximum Gasteiger partial charge on any atom is 0.248 e. The first kappa shape index (κ1) is 23.3. The maximum atomic E-state index is 12.8. The van der Waals surface area contributed by atoms with Gasteiger partial charge in [-0.1, -0.05) is 5.16 Å². The molecule has 2 aromatic carbocycles. The molecule has 1 aromatic heterocycles. The van der Waals surface area contributed by atoms with Gasteiger partial charge in [0.05, 0.1) is 24.6 Å². The van der Waals surface area contributed by atoms with E-state index >= 15 is 0 Å². The average molecular weight is 478 g/mol. The number of aryl methyl sites for hydroxylation is 1. The standard InChI is InChI=1S/C24H23N5O4S/c1-32-19-11-7-17(8-12-19)23-27-21(33-28-23)3-2-4-22(30)29-15-34-14-20(29)24(31)26-18-9-5-16(13-25)6-10-18/h5-12,20H,2-4,14-15H2,1H3,(H,26,31). The van der Waals surface area contributed by atoms with Gasteiger partial charge in [-0.2, -0.15) is 10.2 Å². The van der Waals surface area contributed by atoms with Crippen molar-refractivity contribution < 1.29 is 18.8 Å². The van der Waals surface area contributed by atoms with Crippen LogP contribution in [0, 0.1) is 11.3 Å². The van der Waals surface area contributed by atoms with Crippen LogP contribution in [0.5, 0.6) is 5.75 Å². The molecular formula is C24H23N5O4S. The second-order valence-corrected chi connectivity index (χ2v) is 8.65. The van der Waals surface area contributed by atoms with E-state index < -0.39 is 6.04 Å². The van der Waals surface area contributed by atoms with Gasteiger partial charge in [-0.3, -0.25) is 9.59 Å². The minimum atomic E-state index is -0.529. The van der Waals surface area contributed by atoms with Gasteiger partial charge in [0.15, 0.2) is 0 Å². The highest BCUT2D eigenvalue weighted by Crippen LogP contribution is 2.24. The lowest BCUT2D eigenvalue weighted by Crippen LogP contribution is -2.44. The summed E-state index contributed by atoms with van der Waals surface area (Å²) < 4.78 is 10.5. The van der Waals surface area contributed by atoms with Crippen LogP contribution in [0.1, 0.15) is 24.3 Å². The molecule has 1 aliphatic rings. The van der Waals surface area contributed by atoms with E-state index in [-0.39, 0.29) is 18.2 Å². The number of nitrogens with zero attached hydrogens (tertiary/aromatic N) is 4. The smallest absolute Gasteiger partial charge is 0.248 e. The third-order valence-electron chi connectivity index (χ3n) is 5.38. The van der Waals surface area contributed by atoms with Crippen LogP contribution in [0.3, 0.4) is 0 Å². The quantitative estimate of drug-likeness (QED) is 0.523. The number of nitriles is 1. The van der Waals surface area contributed by atoms with Gasteiger partial charge in [0.25, 0.3) is 0 Å². The highest BCUT2D eigenvalue weighted by molar-refractivity contribution is 7.99. The van der Waals surface area contributed by atoms with Crippen molar-refractivity contribution in [2.24, 2.45) is 0 Å². The lowest BCUT2D eigenvalue weighted by molar-refractivity contribution is -0.136. The Morgan fingerprint density at radius 3 is 2.71 bits per heavy atom. The van der Waals surface area contributed by atoms with Crippen molar-refractivity contribution >= 4 is 29.3 Å². The Hall–Kier alpha value is -3.84. The molecule has 4 rings (SSSR count). The number of carbonyl (C=O) groups excluding carboxylic acids is 2. The fraction of sp³-hybridized carbons (Fsp3) is 0.292. The summed E-state index contributed by atoms with van der Waals surface area (Å²) in [5, 5.41) is 15.7. The summed E-state index contributed by atoms with van der Waals surface area (Å²) in [6.45, 7) is 0. The van der Waals surface area contributed by atoms with Crippen LogP contribution < -0.4 is 10.1 Å². The van der Waals surface area contributed by atoms with Gasteiger partial charge in [-0.05, 0) is 55.0 Å².